The van der Waals surface area contributed by atoms with Crippen molar-refractivity contribution in [3.63, 3.8) is 0 Å². The second kappa shape index (κ2) is 10.7. The average molecular weight is 407 g/mol. The fraction of sp³-hybridized carbons (Fsp3) is 0.571. The molecule has 1 aromatic carbocycles. The molecule has 1 aromatic rings. The van der Waals surface area contributed by atoms with E-state index < -0.39 is 17.7 Å². The van der Waals surface area contributed by atoms with Crippen molar-refractivity contribution < 1.29 is 19.2 Å². The molecule has 0 radical (unpaired) electrons. The molecule has 0 heterocycles. The van der Waals surface area contributed by atoms with Gasteiger partial charge in [-0.3, -0.25) is 4.79 Å². The number of benzene rings is 1. The van der Waals surface area contributed by atoms with E-state index in [1.54, 1.807) is 20.8 Å². The summed E-state index contributed by atoms with van der Waals surface area (Å²) in [6.45, 7) is 13.0. The average Bonchev–Trinajstić information content (AvgIpc) is 2.55. The lowest BCUT2D eigenvalue weighted by atomic mass is 10.0. The number of nitrogens with one attached hydrogen (secondary N) is 2. The molecular formula is C21H34N4O4. The number of nitrogens with two attached hydrogens (primary N) is 1. The minimum atomic E-state index is -0.624. The van der Waals surface area contributed by atoms with Gasteiger partial charge in [0.25, 0.3) is 5.91 Å². The summed E-state index contributed by atoms with van der Waals surface area (Å²) in [5, 5.41) is 9.24. The van der Waals surface area contributed by atoms with Crippen LogP contribution in [0, 0.1) is 19.8 Å². The zero-order valence-corrected chi connectivity index (χ0v) is 18.5. The third-order valence-corrected chi connectivity index (χ3v) is 3.91. The van der Waals surface area contributed by atoms with Crippen molar-refractivity contribution in [3.05, 3.63) is 29.3 Å². The van der Waals surface area contributed by atoms with Crippen LogP contribution in [0.2, 0.25) is 0 Å². The Morgan fingerprint density at radius 3 is 2.38 bits per heavy atom. The molecule has 0 fully saturated rings. The van der Waals surface area contributed by atoms with Crippen LogP contribution in [0.4, 0.5) is 10.5 Å². The highest BCUT2D eigenvalue weighted by Gasteiger charge is 2.23. The molecule has 0 spiro atoms. The number of aryl methyl sites for hydroxylation is 2. The van der Waals surface area contributed by atoms with Gasteiger partial charge in [0.15, 0.2) is 12.4 Å². The van der Waals surface area contributed by atoms with Crippen molar-refractivity contribution in [1.29, 1.82) is 0 Å². The molecule has 1 atom stereocenters. The lowest BCUT2D eigenvalue weighted by Gasteiger charge is -2.24. The quantitative estimate of drug-likeness (QED) is 0.347. The van der Waals surface area contributed by atoms with Gasteiger partial charge in [-0.15, -0.1) is 0 Å². The molecule has 29 heavy (non-hydrogen) atoms. The number of carbonyl (C=O) groups is 2. The van der Waals surface area contributed by atoms with Gasteiger partial charge in [0.1, 0.15) is 5.60 Å². The number of rotatable bonds is 8. The lowest BCUT2D eigenvalue weighted by Crippen LogP contribution is -2.47. The van der Waals surface area contributed by atoms with Crippen LogP contribution in [-0.4, -0.2) is 36.1 Å². The van der Waals surface area contributed by atoms with Crippen LogP contribution in [0.3, 0.4) is 0 Å². The Labute approximate surface area is 173 Å². The summed E-state index contributed by atoms with van der Waals surface area (Å²) in [5.41, 5.74) is 8.26. The summed E-state index contributed by atoms with van der Waals surface area (Å²) < 4.78 is 5.26. The summed E-state index contributed by atoms with van der Waals surface area (Å²) in [4.78, 5) is 29.2. The standard InChI is InChI=1S/C21H34N4O4/c1-13(2)10-17(24-20(27)29-21(5,6)7)19(22)25-28-12-18(26)23-16-9-8-14(3)15(4)11-16/h8-9,11,13,17H,10,12H2,1-7H3,(H2,22,25)(H,23,26)(H,24,27). The van der Waals surface area contributed by atoms with Crippen molar-refractivity contribution in [1.82, 2.24) is 5.32 Å². The molecule has 162 valence electrons. The normalized spacial score (nSPS) is 13.0. The number of hydrogen-bond acceptors (Lipinski definition) is 5. The number of carbonyl (C=O) groups excluding carboxylic acids is 2. The number of nitrogens with zero attached hydrogens (tertiary/aromatic N) is 1. The number of amidine groups is 1. The van der Waals surface area contributed by atoms with Gasteiger partial charge in [0.2, 0.25) is 0 Å². The predicted molar refractivity (Wildman–Crippen MR) is 115 cm³/mol. The van der Waals surface area contributed by atoms with Gasteiger partial charge in [0.05, 0.1) is 6.04 Å². The van der Waals surface area contributed by atoms with Gasteiger partial charge in [-0.1, -0.05) is 25.1 Å². The largest absolute Gasteiger partial charge is 0.444 e. The van der Waals surface area contributed by atoms with Crippen LogP contribution in [0.5, 0.6) is 0 Å². The highest BCUT2D eigenvalue weighted by molar-refractivity contribution is 5.92. The second-order valence-electron chi connectivity index (χ2n) is 8.47. The molecule has 0 aliphatic heterocycles. The first-order valence-corrected chi connectivity index (χ1v) is 9.69. The van der Waals surface area contributed by atoms with E-state index in [1.807, 2.05) is 45.9 Å². The molecule has 8 nitrogen and oxygen atoms in total. The molecule has 1 rings (SSSR count). The molecule has 0 aromatic heterocycles. The first-order valence-electron chi connectivity index (χ1n) is 9.69. The molecule has 0 bridgehead atoms. The minimum Gasteiger partial charge on any atom is -0.444 e. The zero-order valence-electron chi connectivity index (χ0n) is 18.5. The third-order valence-electron chi connectivity index (χ3n) is 3.91. The van der Waals surface area contributed by atoms with Crippen molar-refractivity contribution in [2.75, 3.05) is 11.9 Å². The third kappa shape index (κ3) is 9.82. The van der Waals surface area contributed by atoms with E-state index in [4.69, 9.17) is 15.3 Å². The summed E-state index contributed by atoms with van der Waals surface area (Å²) in [7, 11) is 0. The molecule has 2 amide bonds. The van der Waals surface area contributed by atoms with Gasteiger partial charge in [-0.05, 0) is 70.2 Å². The Balaban J connectivity index is 2.63. The SMILES string of the molecule is Cc1ccc(NC(=O)CO/N=C(\N)C(CC(C)C)NC(=O)OC(C)(C)C)cc1C. The number of alkyl carbamates (subject to hydrolysis) is 1. The maximum absolute atomic E-state index is 12.0. The van der Waals surface area contributed by atoms with Crippen LogP contribution in [0.25, 0.3) is 0 Å². The smallest absolute Gasteiger partial charge is 0.408 e. The van der Waals surface area contributed by atoms with Gasteiger partial charge in [0, 0.05) is 5.69 Å². The molecule has 0 saturated carbocycles. The van der Waals surface area contributed by atoms with Gasteiger partial charge in [-0.25, -0.2) is 4.79 Å². The Morgan fingerprint density at radius 1 is 1.17 bits per heavy atom. The Hall–Kier alpha value is -2.77. The van der Waals surface area contributed by atoms with Crippen LogP contribution >= 0.6 is 0 Å². The highest BCUT2D eigenvalue weighted by Crippen LogP contribution is 2.14. The summed E-state index contributed by atoms with van der Waals surface area (Å²) in [6.07, 6.45) is -0.0407. The van der Waals surface area contributed by atoms with Crippen LogP contribution in [0.1, 0.15) is 52.2 Å². The van der Waals surface area contributed by atoms with Gasteiger partial charge in [-0.2, -0.15) is 0 Å². The minimum absolute atomic E-state index is 0.0727. The summed E-state index contributed by atoms with van der Waals surface area (Å²) in [5.74, 6) is -0.0365. The molecule has 0 aliphatic carbocycles. The van der Waals surface area contributed by atoms with Crippen LogP contribution in [-0.2, 0) is 14.4 Å². The molecule has 4 N–H and O–H groups in total. The Morgan fingerprint density at radius 2 is 1.83 bits per heavy atom. The fourth-order valence-electron chi connectivity index (χ4n) is 2.42. The van der Waals surface area contributed by atoms with Crippen molar-refractivity contribution in [2.45, 2.75) is 66.5 Å². The first-order chi connectivity index (χ1) is 13.4. The van der Waals surface area contributed by atoms with Crippen molar-refractivity contribution in [3.8, 4) is 0 Å². The van der Waals surface area contributed by atoms with E-state index in [2.05, 4.69) is 15.8 Å². The second-order valence-corrected chi connectivity index (χ2v) is 8.47. The maximum Gasteiger partial charge on any atom is 0.408 e. The molecule has 8 heteroatoms. The van der Waals surface area contributed by atoms with Gasteiger partial charge < -0.3 is 25.9 Å². The maximum atomic E-state index is 12.0. The van der Waals surface area contributed by atoms with Crippen molar-refractivity contribution in [2.24, 2.45) is 16.8 Å². The topological polar surface area (TPSA) is 115 Å². The monoisotopic (exact) mass is 406 g/mol. The number of anilines is 1. The Bertz CT molecular complexity index is 739. The fourth-order valence-corrected chi connectivity index (χ4v) is 2.42. The van der Waals surface area contributed by atoms with E-state index in [-0.39, 0.29) is 24.3 Å². The van der Waals surface area contributed by atoms with Crippen molar-refractivity contribution >= 4 is 23.5 Å². The lowest BCUT2D eigenvalue weighted by molar-refractivity contribution is -0.120. The molecule has 1 unspecified atom stereocenters. The Kier molecular flexibility index (Phi) is 8.94. The van der Waals surface area contributed by atoms with Gasteiger partial charge >= 0.3 is 6.09 Å². The first kappa shape index (κ1) is 24.3. The number of hydrogen-bond donors (Lipinski definition) is 3. The van der Waals surface area contributed by atoms with E-state index >= 15 is 0 Å². The van der Waals surface area contributed by atoms with E-state index in [1.165, 1.54) is 0 Å². The number of ether oxygens (including phenoxy) is 1. The molecule has 0 saturated heterocycles. The summed E-state index contributed by atoms with van der Waals surface area (Å²) in [6, 6.07) is 5.07. The molecular weight excluding hydrogens is 372 g/mol. The van der Waals surface area contributed by atoms with Crippen LogP contribution in [0.15, 0.2) is 23.4 Å². The predicted octanol–water partition coefficient (Wildman–Crippen LogP) is 3.47. The van der Waals surface area contributed by atoms with E-state index in [9.17, 15) is 9.59 Å². The summed E-state index contributed by atoms with van der Waals surface area (Å²) >= 11 is 0. The molecule has 0 aliphatic rings. The number of oxime groups is 1. The van der Waals surface area contributed by atoms with E-state index in [0.29, 0.717) is 12.1 Å². The van der Waals surface area contributed by atoms with E-state index in [0.717, 1.165) is 11.1 Å². The zero-order chi connectivity index (χ0) is 22.2. The number of amides is 2. The highest BCUT2D eigenvalue weighted by atomic mass is 16.6. The van der Waals surface area contributed by atoms with Crippen LogP contribution < -0.4 is 16.4 Å².